The first kappa shape index (κ1) is 14.1. The summed E-state index contributed by atoms with van der Waals surface area (Å²) < 4.78 is 11.1. The summed E-state index contributed by atoms with van der Waals surface area (Å²) in [7, 11) is 5.86. The first-order chi connectivity index (χ1) is 10.7. The molecule has 3 unspecified atom stereocenters. The van der Waals surface area contributed by atoms with Crippen molar-refractivity contribution in [2.75, 3.05) is 27.8 Å². The zero-order chi connectivity index (χ0) is 15.3. The fourth-order valence-corrected chi connectivity index (χ4v) is 5.04. The minimum Gasteiger partial charge on any atom is -0.501 e. The molecule has 0 saturated carbocycles. The highest BCUT2D eigenvalue weighted by Crippen LogP contribution is 2.54. The second-order valence-corrected chi connectivity index (χ2v) is 7.03. The Morgan fingerprint density at radius 3 is 2.86 bits per heavy atom. The number of hydrogen-bond acceptors (Lipinski definition) is 3. The summed E-state index contributed by atoms with van der Waals surface area (Å²) in [6.45, 7) is 1.16. The van der Waals surface area contributed by atoms with Gasteiger partial charge in [-0.25, -0.2) is 0 Å². The first-order valence-corrected chi connectivity index (χ1v) is 8.31. The van der Waals surface area contributed by atoms with Crippen LogP contribution >= 0.6 is 0 Å². The molecule has 4 rings (SSSR count). The fourth-order valence-electron chi connectivity index (χ4n) is 5.04. The number of benzene rings is 1. The van der Waals surface area contributed by atoms with Gasteiger partial charge in [0, 0.05) is 17.9 Å². The Labute approximate surface area is 132 Å². The van der Waals surface area contributed by atoms with E-state index in [1.807, 2.05) is 7.11 Å². The molecule has 3 heteroatoms. The van der Waals surface area contributed by atoms with Crippen LogP contribution in [0.1, 0.15) is 30.4 Å². The Bertz CT molecular complexity index is 624. The molecular weight excluding hydrogens is 274 g/mol. The fraction of sp³-hybridized carbons (Fsp3) is 0.579. The quantitative estimate of drug-likeness (QED) is 0.837. The van der Waals surface area contributed by atoms with Crippen LogP contribution in [-0.4, -0.2) is 38.8 Å². The lowest BCUT2D eigenvalue weighted by Gasteiger charge is -2.56. The molecule has 0 spiro atoms. The van der Waals surface area contributed by atoms with E-state index in [2.05, 4.69) is 36.2 Å². The molecule has 2 aliphatic carbocycles. The van der Waals surface area contributed by atoms with Gasteiger partial charge in [0.15, 0.2) is 0 Å². The van der Waals surface area contributed by atoms with Crippen LogP contribution < -0.4 is 4.74 Å². The number of fused-ring (bicyclic) bond motifs is 1. The molecule has 1 aromatic rings. The van der Waals surface area contributed by atoms with E-state index < -0.39 is 0 Å². The van der Waals surface area contributed by atoms with Crippen LogP contribution in [0, 0.1) is 5.92 Å². The highest BCUT2D eigenvalue weighted by Gasteiger charge is 2.52. The summed E-state index contributed by atoms with van der Waals surface area (Å²) in [5.74, 6) is 2.84. The zero-order valence-electron chi connectivity index (χ0n) is 13.8. The van der Waals surface area contributed by atoms with E-state index in [9.17, 15) is 0 Å². The van der Waals surface area contributed by atoms with Gasteiger partial charge in [-0.3, -0.25) is 0 Å². The third kappa shape index (κ3) is 1.84. The standard InChI is InChI=1S/C19H25NO2/c1-20-9-8-19-12-15(22-3)6-7-16(19)18(20)10-13-4-5-14(21-2)11-17(13)19/h4-5,11-12,16,18H,6-10H2,1-3H3. The van der Waals surface area contributed by atoms with E-state index in [-0.39, 0.29) is 5.41 Å². The highest BCUT2D eigenvalue weighted by molar-refractivity contribution is 5.49. The van der Waals surface area contributed by atoms with Crippen molar-refractivity contribution in [3.63, 3.8) is 0 Å². The Hall–Kier alpha value is -1.48. The number of methoxy groups -OCH3 is 2. The molecule has 2 bridgehead atoms. The van der Waals surface area contributed by atoms with Crippen molar-refractivity contribution in [1.82, 2.24) is 4.90 Å². The van der Waals surface area contributed by atoms with Crippen LogP contribution in [0.2, 0.25) is 0 Å². The Kier molecular flexibility index (Phi) is 3.23. The second-order valence-electron chi connectivity index (χ2n) is 7.03. The van der Waals surface area contributed by atoms with Gasteiger partial charge in [0.25, 0.3) is 0 Å². The number of hydrogen-bond donors (Lipinski definition) is 0. The molecule has 3 atom stereocenters. The molecule has 0 amide bonds. The third-order valence-corrected chi connectivity index (χ3v) is 6.20. The van der Waals surface area contributed by atoms with E-state index in [4.69, 9.17) is 9.47 Å². The van der Waals surface area contributed by atoms with Crippen molar-refractivity contribution in [2.24, 2.45) is 5.92 Å². The van der Waals surface area contributed by atoms with Crippen molar-refractivity contribution in [3.8, 4) is 5.75 Å². The summed E-state index contributed by atoms with van der Waals surface area (Å²) in [5.41, 5.74) is 3.11. The van der Waals surface area contributed by atoms with Gasteiger partial charge in [-0.15, -0.1) is 0 Å². The van der Waals surface area contributed by atoms with Crippen molar-refractivity contribution in [1.29, 1.82) is 0 Å². The molecule has 0 radical (unpaired) electrons. The largest absolute Gasteiger partial charge is 0.501 e. The molecule has 3 nitrogen and oxygen atoms in total. The maximum atomic E-state index is 5.64. The predicted molar refractivity (Wildman–Crippen MR) is 87.2 cm³/mol. The average Bonchev–Trinajstić information content (AvgIpc) is 2.57. The van der Waals surface area contributed by atoms with Gasteiger partial charge in [-0.05, 0) is 68.1 Å². The van der Waals surface area contributed by atoms with Crippen LogP contribution in [0.25, 0.3) is 0 Å². The first-order valence-electron chi connectivity index (χ1n) is 8.31. The van der Waals surface area contributed by atoms with Crippen LogP contribution in [0.4, 0.5) is 0 Å². The summed E-state index contributed by atoms with van der Waals surface area (Å²) in [6.07, 6.45) is 7.09. The van der Waals surface area contributed by atoms with Crippen LogP contribution in [-0.2, 0) is 16.6 Å². The van der Waals surface area contributed by atoms with E-state index in [0.29, 0.717) is 12.0 Å². The number of piperidine rings is 1. The molecule has 1 aliphatic heterocycles. The molecular formula is C19H25NO2. The molecule has 0 aromatic heterocycles. The summed E-state index contributed by atoms with van der Waals surface area (Å²) in [6, 6.07) is 7.31. The van der Waals surface area contributed by atoms with Gasteiger partial charge in [0.1, 0.15) is 5.75 Å². The lowest BCUT2D eigenvalue weighted by molar-refractivity contribution is 0.0363. The van der Waals surface area contributed by atoms with Crippen LogP contribution in [0.3, 0.4) is 0 Å². The number of rotatable bonds is 2. The van der Waals surface area contributed by atoms with Gasteiger partial charge in [-0.2, -0.15) is 0 Å². The van der Waals surface area contributed by atoms with Crippen LogP contribution in [0.5, 0.6) is 5.75 Å². The Morgan fingerprint density at radius 1 is 1.23 bits per heavy atom. The lowest BCUT2D eigenvalue weighted by Crippen LogP contribution is -2.59. The van der Waals surface area contributed by atoms with Gasteiger partial charge in [-0.1, -0.05) is 6.07 Å². The number of likely N-dealkylation sites (tertiary alicyclic amines) is 1. The van der Waals surface area contributed by atoms with Gasteiger partial charge < -0.3 is 14.4 Å². The SMILES string of the molecule is COC1=CC23CCN(C)C(Cc4ccc(OC)cc42)C3CC1. The molecule has 1 aromatic carbocycles. The summed E-state index contributed by atoms with van der Waals surface area (Å²) in [5, 5.41) is 0. The lowest BCUT2D eigenvalue weighted by atomic mass is 9.54. The molecule has 22 heavy (non-hydrogen) atoms. The van der Waals surface area contributed by atoms with Crippen LogP contribution in [0.15, 0.2) is 30.0 Å². The van der Waals surface area contributed by atoms with Crippen molar-refractivity contribution >= 4 is 0 Å². The predicted octanol–water partition coefficient (Wildman–Crippen LogP) is 3.13. The van der Waals surface area contributed by atoms with Crippen molar-refractivity contribution in [3.05, 3.63) is 41.2 Å². The number of likely N-dealkylation sites (N-methyl/N-ethyl adjacent to an activating group) is 1. The zero-order valence-corrected chi connectivity index (χ0v) is 13.8. The minimum atomic E-state index is 0.142. The normalized spacial score (nSPS) is 33.5. The maximum Gasteiger partial charge on any atom is 0.119 e. The molecule has 1 fully saturated rings. The highest BCUT2D eigenvalue weighted by atomic mass is 16.5. The Balaban J connectivity index is 1.92. The van der Waals surface area contributed by atoms with Crippen molar-refractivity contribution < 1.29 is 9.47 Å². The second kappa shape index (κ2) is 5.02. The molecule has 3 aliphatic rings. The Morgan fingerprint density at radius 2 is 2.09 bits per heavy atom. The third-order valence-electron chi connectivity index (χ3n) is 6.20. The minimum absolute atomic E-state index is 0.142. The van der Waals surface area contributed by atoms with E-state index in [1.165, 1.54) is 30.4 Å². The maximum absolute atomic E-state index is 5.64. The van der Waals surface area contributed by atoms with E-state index in [1.54, 1.807) is 7.11 Å². The number of allylic oxidation sites excluding steroid dienone is 2. The average molecular weight is 299 g/mol. The van der Waals surface area contributed by atoms with Crippen molar-refractivity contribution in [2.45, 2.75) is 37.1 Å². The van der Waals surface area contributed by atoms with Gasteiger partial charge in [0.2, 0.25) is 0 Å². The monoisotopic (exact) mass is 299 g/mol. The molecule has 118 valence electrons. The summed E-state index contributed by atoms with van der Waals surface area (Å²) >= 11 is 0. The molecule has 0 N–H and O–H groups in total. The molecule has 1 saturated heterocycles. The number of nitrogens with zero attached hydrogens (tertiary/aromatic N) is 1. The van der Waals surface area contributed by atoms with E-state index >= 15 is 0 Å². The number of ether oxygens (including phenoxy) is 2. The van der Waals surface area contributed by atoms with Gasteiger partial charge >= 0.3 is 0 Å². The molecule has 1 heterocycles. The van der Waals surface area contributed by atoms with E-state index in [0.717, 1.165) is 24.5 Å². The summed E-state index contributed by atoms with van der Waals surface area (Å²) in [4.78, 5) is 2.57. The topological polar surface area (TPSA) is 21.7 Å². The smallest absolute Gasteiger partial charge is 0.119 e. The van der Waals surface area contributed by atoms with Gasteiger partial charge in [0.05, 0.1) is 20.0 Å².